The first kappa shape index (κ1) is 14.5. The highest BCUT2D eigenvalue weighted by atomic mass is 79.9. The lowest BCUT2D eigenvalue weighted by molar-refractivity contribution is 0.598. The van der Waals surface area contributed by atoms with E-state index in [2.05, 4.69) is 36.6 Å². The van der Waals surface area contributed by atoms with Gasteiger partial charge in [-0.25, -0.2) is 12.8 Å². The Bertz CT molecular complexity index is 702. The van der Waals surface area contributed by atoms with Crippen LogP contribution in [0.5, 0.6) is 0 Å². The van der Waals surface area contributed by atoms with E-state index < -0.39 is 15.8 Å². The predicted octanol–water partition coefficient (Wildman–Crippen LogP) is 4.15. The molecule has 2 aromatic rings. The van der Waals surface area contributed by atoms with Crippen molar-refractivity contribution >= 4 is 47.6 Å². The first-order chi connectivity index (χ1) is 8.88. The Kier molecular flexibility index (Phi) is 4.27. The zero-order valence-corrected chi connectivity index (χ0v) is 13.4. The van der Waals surface area contributed by atoms with Crippen molar-refractivity contribution in [2.24, 2.45) is 0 Å². The van der Waals surface area contributed by atoms with Crippen LogP contribution in [0, 0.1) is 5.82 Å². The molecule has 2 aromatic carbocycles. The van der Waals surface area contributed by atoms with E-state index in [1.807, 2.05) is 0 Å². The third-order valence-corrected chi connectivity index (χ3v) is 4.70. The second-order valence-corrected chi connectivity index (χ2v) is 7.20. The van der Waals surface area contributed by atoms with Crippen LogP contribution in [0.15, 0.2) is 56.3 Å². The lowest BCUT2D eigenvalue weighted by Crippen LogP contribution is -2.13. The van der Waals surface area contributed by atoms with Gasteiger partial charge in [0.2, 0.25) is 0 Å². The van der Waals surface area contributed by atoms with Crippen LogP contribution in [-0.2, 0) is 10.0 Å². The second-order valence-electron chi connectivity index (χ2n) is 3.68. The summed E-state index contributed by atoms with van der Waals surface area (Å²) in [5.41, 5.74) is -0.0997. The molecular weight excluding hydrogens is 401 g/mol. The summed E-state index contributed by atoms with van der Waals surface area (Å²) in [5.74, 6) is -0.635. The summed E-state index contributed by atoms with van der Waals surface area (Å²) in [6.45, 7) is 0. The zero-order valence-electron chi connectivity index (χ0n) is 9.40. The largest absolute Gasteiger partial charge is 0.277 e. The molecule has 1 N–H and O–H groups in total. The third-order valence-electron chi connectivity index (χ3n) is 2.30. The van der Waals surface area contributed by atoms with Gasteiger partial charge in [-0.1, -0.05) is 31.9 Å². The molecule has 7 heteroatoms. The van der Waals surface area contributed by atoms with Crippen LogP contribution in [0.2, 0.25) is 0 Å². The number of rotatable bonds is 3. The van der Waals surface area contributed by atoms with Gasteiger partial charge in [-0.2, -0.15) is 0 Å². The normalized spacial score (nSPS) is 11.3. The lowest BCUT2D eigenvalue weighted by atomic mass is 10.3. The monoisotopic (exact) mass is 407 g/mol. The number of hydrogen-bond donors (Lipinski definition) is 1. The molecule has 0 aliphatic rings. The lowest BCUT2D eigenvalue weighted by Gasteiger charge is -2.09. The highest BCUT2D eigenvalue weighted by Gasteiger charge is 2.16. The van der Waals surface area contributed by atoms with Gasteiger partial charge in [0.1, 0.15) is 5.82 Å². The van der Waals surface area contributed by atoms with Crippen LogP contribution >= 0.6 is 31.9 Å². The molecule has 0 aliphatic heterocycles. The average Bonchev–Trinajstić information content (AvgIpc) is 2.34. The Hall–Kier alpha value is -0.920. The van der Waals surface area contributed by atoms with Crippen molar-refractivity contribution in [2.75, 3.05) is 4.72 Å². The molecule has 0 bridgehead atoms. The Morgan fingerprint density at radius 2 is 1.53 bits per heavy atom. The van der Waals surface area contributed by atoms with Crippen LogP contribution < -0.4 is 4.72 Å². The highest BCUT2D eigenvalue weighted by molar-refractivity contribution is 9.10. The van der Waals surface area contributed by atoms with Gasteiger partial charge in [-0.05, 0) is 42.5 Å². The van der Waals surface area contributed by atoms with E-state index in [-0.39, 0.29) is 10.6 Å². The molecule has 100 valence electrons. The molecule has 0 aromatic heterocycles. The smallest absolute Gasteiger partial charge is 0.261 e. The number of sulfonamides is 1. The molecule has 19 heavy (non-hydrogen) atoms. The summed E-state index contributed by atoms with van der Waals surface area (Å²) in [4.78, 5) is 0.0649. The maximum absolute atomic E-state index is 13.5. The maximum atomic E-state index is 13.5. The molecule has 0 atom stereocenters. The molecule has 0 fully saturated rings. The number of nitrogens with one attached hydrogen (secondary N) is 1. The summed E-state index contributed by atoms with van der Waals surface area (Å²) in [6.07, 6.45) is 0. The molecule has 0 saturated carbocycles. The van der Waals surface area contributed by atoms with Gasteiger partial charge in [-0.15, -0.1) is 0 Å². The van der Waals surface area contributed by atoms with E-state index in [9.17, 15) is 12.8 Å². The predicted molar refractivity (Wildman–Crippen MR) is 79.1 cm³/mol. The molecule has 0 spiro atoms. The third kappa shape index (κ3) is 3.55. The van der Waals surface area contributed by atoms with Gasteiger partial charge in [0, 0.05) is 8.95 Å². The highest BCUT2D eigenvalue weighted by Crippen LogP contribution is 2.23. The Labute approximate surface area is 127 Å². The molecule has 0 radical (unpaired) electrons. The fourth-order valence-electron chi connectivity index (χ4n) is 1.39. The van der Waals surface area contributed by atoms with Crippen molar-refractivity contribution in [3.8, 4) is 0 Å². The quantitative estimate of drug-likeness (QED) is 0.828. The van der Waals surface area contributed by atoms with Crippen LogP contribution in [0.1, 0.15) is 0 Å². The fraction of sp³-hybridized carbons (Fsp3) is 0. The minimum Gasteiger partial charge on any atom is -0.277 e. The Morgan fingerprint density at radius 1 is 0.947 bits per heavy atom. The van der Waals surface area contributed by atoms with Gasteiger partial charge < -0.3 is 0 Å². The van der Waals surface area contributed by atoms with Crippen molar-refractivity contribution in [1.82, 2.24) is 0 Å². The summed E-state index contributed by atoms with van der Waals surface area (Å²) in [6, 6.07) is 10.1. The van der Waals surface area contributed by atoms with Gasteiger partial charge >= 0.3 is 0 Å². The topological polar surface area (TPSA) is 46.2 Å². The second kappa shape index (κ2) is 5.60. The van der Waals surface area contributed by atoms with E-state index in [1.54, 1.807) is 12.1 Å². The van der Waals surface area contributed by atoms with E-state index in [1.165, 1.54) is 30.3 Å². The first-order valence-electron chi connectivity index (χ1n) is 5.12. The molecule has 0 heterocycles. The summed E-state index contributed by atoms with van der Waals surface area (Å²) in [7, 11) is -3.80. The number of benzene rings is 2. The minimum absolute atomic E-state index is 0.0649. The van der Waals surface area contributed by atoms with Crippen molar-refractivity contribution < 1.29 is 12.8 Å². The first-order valence-corrected chi connectivity index (χ1v) is 8.19. The SMILES string of the molecule is O=S(=O)(Nc1cc(Br)ccc1F)c1ccc(Br)cc1. The van der Waals surface area contributed by atoms with Gasteiger partial charge in [-0.3, -0.25) is 4.72 Å². The van der Waals surface area contributed by atoms with Crippen LogP contribution in [0.4, 0.5) is 10.1 Å². The summed E-state index contributed by atoms with van der Waals surface area (Å²) >= 11 is 6.38. The van der Waals surface area contributed by atoms with E-state index in [0.717, 1.165) is 4.47 Å². The Morgan fingerprint density at radius 3 is 2.16 bits per heavy atom. The Balaban J connectivity index is 2.36. The number of anilines is 1. The van der Waals surface area contributed by atoms with Crippen molar-refractivity contribution in [2.45, 2.75) is 4.90 Å². The molecule has 0 amide bonds. The van der Waals surface area contributed by atoms with Gasteiger partial charge in [0.25, 0.3) is 10.0 Å². The fourth-order valence-corrected chi connectivity index (χ4v) is 3.08. The minimum atomic E-state index is -3.80. The van der Waals surface area contributed by atoms with Crippen LogP contribution in [0.3, 0.4) is 0 Å². The molecular formula is C12H8Br2FNO2S. The van der Waals surface area contributed by atoms with E-state index >= 15 is 0 Å². The van der Waals surface area contributed by atoms with Crippen molar-refractivity contribution in [3.63, 3.8) is 0 Å². The zero-order chi connectivity index (χ0) is 14.0. The molecule has 0 unspecified atom stereocenters. The van der Waals surface area contributed by atoms with E-state index in [4.69, 9.17) is 0 Å². The standard InChI is InChI=1S/C12H8Br2FNO2S/c13-8-1-4-10(5-2-8)19(17,18)16-12-7-9(14)3-6-11(12)15/h1-7,16H. The molecule has 2 rings (SSSR count). The molecule has 0 aliphatic carbocycles. The molecule has 0 saturated heterocycles. The van der Waals surface area contributed by atoms with Gasteiger partial charge in [0.05, 0.1) is 10.6 Å². The van der Waals surface area contributed by atoms with Crippen LogP contribution in [-0.4, -0.2) is 8.42 Å². The van der Waals surface area contributed by atoms with Crippen LogP contribution in [0.25, 0.3) is 0 Å². The molecule has 3 nitrogen and oxygen atoms in total. The summed E-state index contributed by atoms with van der Waals surface area (Å²) in [5, 5.41) is 0. The summed E-state index contributed by atoms with van der Waals surface area (Å²) < 4.78 is 41.2. The maximum Gasteiger partial charge on any atom is 0.261 e. The number of halogens is 3. The average molecular weight is 409 g/mol. The van der Waals surface area contributed by atoms with E-state index in [0.29, 0.717) is 4.47 Å². The van der Waals surface area contributed by atoms with Gasteiger partial charge in [0.15, 0.2) is 0 Å². The van der Waals surface area contributed by atoms with Crippen molar-refractivity contribution in [3.05, 3.63) is 57.2 Å². The number of hydrogen-bond acceptors (Lipinski definition) is 2. The van der Waals surface area contributed by atoms with Crippen molar-refractivity contribution in [1.29, 1.82) is 0 Å².